The predicted octanol–water partition coefficient (Wildman–Crippen LogP) is 2.50. The lowest BCUT2D eigenvalue weighted by molar-refractivity contribution is -0.117. The number of hydrogen-bond acceptors (Lipinski definition) is 4. The van der Waals surface area contributed by atoms with Gasteiger partial charge in [0.05, 0.1) is 12.2 Å². The minimum atomic E-state index is -0.0992. The van der Waals surface area contributed by atoms with Crippen LogP contribution in [-0.2, 0) is 17.3 Å². The van der Waals surface area contributed by atoms with Gasteiger partial charge in [0.2, 0.25) is 5.91 Å². The van der Waals surface area contributed by atoms with Crippen molar-refractivity contribution in [1.29, 1.82) is 0 Å². The van der Waals surface area contributed by atoms with Crippen molar-refractivity contribution in [2.45, 2.75) is 32.6 Å². The van der Waals surface area contributed by atoms with Crippen LogP contribution in [0.15, 0.2) is 36.4 Å². The van der Waals surface area contributed by atoms with Crippen LogP contribution in [0, 0.1) is 0 Å². The molecule has 7 nitrogen and oxygen atoms in total. The second kappa shape index (κ2) is 8.78. The number of nitrogens with zero attached hydrogens (tertiary/aromatic N) is 4. The van der Waals surface area contributed by atoms with Gasteiger partial charge in [-0.15, -0.1) is 0 Å². The third-order valence-corrected chi connectivity index (χ3v) is 5.17. The normalized spacial score (nSPS) is 15.8. The summed E-state index contributed by atoms with van der Waals surface area (Å²) in [5.74, 6) is -0.0245. The van der Waals surface area contributed by atoms with Gasteiger partial charge in [-0.2, -0.15) is 5.10 Å². The Hall–Kier alpha value is -2.67. The first-order chi connectivity index (χ1) is 13.7. The van der Waals surface area contributed by atoms with E-state index in [0.717, 1.165) is 24.3 Å². The molecule has 1 fully saturated rings. The molecule has 0 aliphatic carbocycles. The Morgan fingerprint density at radius 3 is 2.45 bits per heavy atom. The molecule has 29 heavy (non-hydrogen) atoms. The number of carbonyl (C=O) groups is 2. The molecule has 0 bridgehead atoms. The predicted molar refractivity (Wildman–Crippen MR) is 114 cm³/mol. The van der Waals surface area contributed by atoms with Crippen LogP contribution in [0.1, 0.15) is 43.4 Å². The maximum Gasteiger partial charge on any atom is 0.272 e. The number of aryl methyl sites for hydroxylation is 1. The fourth-order valence-electron chi connectivity index (χ4n) is 3.45. The third-order valence-electron chi connectivity index (χ3n) is 5.17. The van der Waals surface area contributed by atoms with Gasteiger partial charge in [0.25, 0.3) is 5.91 Å². The highest BCUT2D eigenvalue weighted by molar-refractivity contribution is 5.93. The zero-order valence-corrected chi connectivity index (χ0v) is 17.8. The molecule has 0 spiro atoms. The van der Waals surface area contributed by atoms with Crippen LogP contribution in [0.2, 0.25) is 0 Å². The first-order valence-electron chi connectivity index (χ1n) is 10.1. The summed E-state index contributed by atoms with van der Waals surface area (Å²) in [4.78, 5) is 29.4. The number of amides is 2. The molecule has 2 amide bonds. The number of carbonyl (C=O) groups excluding carboxylic acids is 2. The lowest BCUT2D eigenvalue weighted by Gasteiger charge is -2.21. The van der Waals surface area contributed by atoms with Crippen LogP contribution in [0.4, 0.5) is 5.69 Å². The van der Waals surface area contributed by atoms with Crippen molar-refractivity contribution in [1.82, 2.24) is 19.6 Å². The van der Waals surface area contributed by atoms with Crippen molar-refractivity contribution in [3.05, 3.63) is 47.8 Å². The number of aromatic nitrogens is 2. The zero-order valence-electron chi connectivity index (χ0n) is 17.8. The fraction of sp³-hybridized carbons (Fsp3) is 0.500. The molecular formula is C22H31N5O2. The van der Waals surface area contributed by atoms with Crippen LogP contribution >= 0.6 is 0 Å². The highest BCUT2D eigenvalue weighted by Crippen LogP contribution is 2.22. The number of para-hydroxylation sites is 1. The van der Waals surface area contributed by atoms with Crippen LogP contribution in [0.3, 0.4) is 0 Å². The third kappa shape index (κ3) is 5.44. The van der Waals surface area contributed by atoms with Gasteiger partial charge < -0.3 is 10.2 Å². The Morgan fingerprint density at radius 2 is 1.79 bits per heavy atom. The zero-order chi connectivity index (χ0) is 21.0. The van der Waals surface area contributed by atoms with Gasteiger partial charge in [0.15, 0.2) is 0 Å². The van der Waals surface area contributed by atoms with E-state index in [0.29, 0.717) is 31.9 Å². The van der Waals surface area contributed by atoms with Gasteiger partial charge in [-0.05, 0) is 24.6 Å². The van der Waals surface area contributed by atoms with Gasteiger partial charge in [0.1, 0.15) is 5.69 Å². The summed E-state index contributed by atoms with van der Waals surface area (Å²) in [5.41, 5.74) is 2.23. The van der Waals surface area contributed by atoms with E-state index >= 15 is 0 Å². The quantitative estimate of drug-likeness (QED) is 0.861. The van der Waals surface area contributed by atoms with E-state index in [-0.39, 0.29) is 17.2 Å². The lowest BCUT2D eigenvalue weighted by Crippen LogP contribution is -2.38. The van der Waals surface area contributed by atoms with E-state index in [2.05, 4.69) is 36.1 Å². The molecule has 0 unspecified atom stereocenters. The molecule has 3 rings (SSSR count). The second-order valence-corrected chi connectivity index (χ2v) is 8.62. The Balaban J connectivity index is 1.57. The molecule has 0 radical (unpaired) electrons. The summed E-state index contributed by atoms with van der Waals surface area (Å²) in [6.07, 6.45) is 0.842. The molecule has 2 heterocycles. The van der Waals surface area contributed by atoms with Gasteiger partial charge in [0, 0.05) is 44.3 Å². The standard InChI is InChI=1S/C22H31N5O2/c1-22(2,3)19-15-18(25(4)24-19)21(29)27-12-8-11-26(13-14-27)16-20(28)23-17-9-6-5-7-10-17/h5-7,9-10,15H,8,11-14,16H2,1-4H3,(H,23,28). The minimum absolute atomic E-state index is 0.00564. The Kier molecular flexibility index (Phi) is 6.37. The summed E-state index contributed by atoms with van der Waals surface area (Å²) in [7, 11) is 1.82. The van der Waals surface area contributed by atoms with Crippen LogP contribution in [0.25, 0.3) is 0 Å². The minimum Gasteiger partial charge on any atom is -0.336 e. The average Bonchev–Trinajstić information content (AvgIpc) is 2.91. The van der Waals surface area contributed by atoms with Crippen molar-refractivity contribution in [3.63, 3.8) is 0 Å². The van der Waals surface area contributed by atoms with E-state index in [1.165, 1.54) is 0 Å². The highest BCUT2D eigenvalue weighted by Gasteiger charge is 2.26. The monoisotopic (exact) mass is 397 g/mol. The van der Waals surface area contributed by atoms with Crippen LogP contribution < -0.4 is 5.32 Å². The molecule has 1 aromatic carbocycles. The SMILES string of the molecule is Cn1nc(C(C)(C)C)cc1C(=O)N1CCCN(CC(=O)Nc2ccccc2)CC1. The number of benzene rings is 1. The van der Waals surface area contributed by atoms with Gasteiger partial charge in [-0.25, -0.2) is 0 Å². The van der Waals surface area contributed by atoms with Gasteiger partial charge >= 0.3 is 0 Å². The number of nitrogens with one attached hydrogen (secondary N) is 1. The largest absolute Gasteiger partial charge is 0.336 e. The van der Waals surface area contributed by atoms with E-state index in [1.54, 1.807) is 4.68 Å². The molecule has 0 saturated carbocycles. The van der Waals surface area contributed by atoms with Gasteiger partial charge in [-0.1, -0.05) is 39.0 Å². The van der Waals surface area contributed by atoms with E-state index in [9.17, 15) is 9.59 Å². The molecule has 1 aromatic heterocycles. The lowest BCUT2D eigenvalue weighted by atomic mass is 9.92. The molecule has 1 aliphatic heterocycles. The molecule has 2 aromatic rings. The fourth-order valence-corrected chi connectivity index (χ4v) is 3.45. The van der Waals surface area contributed by atoms with Crippen LogP contribution in [0.5, 0.6) is 0 Å². The molecule has 7 heteroatoms. The summed E-state index contributed by atoms with van der Waals surface area (Å²) >= 11 is 0. The van der Waals surface area contributed by atoms with E-state index in [4.69, 9.17) is 0 Å². The summed E-state index contributed by atoms with van der Waals surface area (Å²) in [5, 5.41) is 7.44. The topological polar surface area (TPSA) is 70.5 Å². The van der Waals surface area contributed by atoms with Crippen molar-refractivity contribution in [2.75, 3.05) is 38.0 Å². The summed E-state index contributed by atoms with van der Waals surface area (Å²) < 4.78 is 1.68. The second-order valence-electron chi connectivity index (χ2n) is 8.62. The van der Waals surface area contributed by atoms with Crippen molar-refractivity contribution in [2.24, 2.45) is 7.05 Å². The maximum absolute atomic E-state index is 13.1. The Morgan fingerprint density at radius 1 is 1.07 bits per heavy atom. The summed E-state index contributed by atoms with van der Waals surface area (Å²) in [6, 6.07) is 11.4. The Bertz CT molecular complexity index is 854. The molecular weight excluding hydrogens is 366 g/mol. The molecule has 156 valence electrons. The number of anilines is 1. The van der Waals surface area contributed by atoms with Crippen molar-refractivity contribution < 1.29 is 9.59 Å². The average molecular weight is 398 g/mol. The summed E-state index contributed by atoms with van der Waals surface area (Å²) in [6.45, 7) is 9.37. The number of hydrogen-bond donors (Lipinski definition) is 1. The maximum atomic E-state index is 13.1. The smallest absolute Gasteiger partial charge is 0.272 e. The van der Waals surface area contributed by atoms with Crippen molar-refractivity contribution in [3.8, 4) is 0 Å². The van der Waals surface area contributed by atoms with E-state index in [1.807, 2.05) is 48.3 Å². The van der Waals surface area contributed by atoms with E-state index < -0.39 is 0 Å². The molecule has 0 atom stereocenters. The van der Waals surface area contributed by atoms with Gasteiger partial charge in [-0.3, -0.25) is 19.2 Å². The first kappa shape index (κ1) is 21.0. The molecule has 1 aliphatic rings. The first-order valence-corrected chi connectivity index (χ1v) is 10.1. The molecule has 1 saturated heterocycles. The Labute approximate surface area is 172 Å². The highest BCUT2D eigenvalue weighted by atomic mass is 16.2. The number of rotatable bonds is 4. The molecule has 1 N–H and O–H groups in total. The van der Waals surface area contributed by atoms with Crippen LogP contribution in [-0.4, -0.2) is 64.1 Å². The van der Waals surface area contributed by atoms with Crippen molar-refractivity contribution >= 4 is 17.5 Å².